The molecule has 1 aromatic carbocycles. The summed E-state index contributed by atoms with van der Waals surface area (Å²) in [5.41, 5.74) is -3.99. The fourth-order valence-corrected chi connectivity index (χ4v) is 2.59. The van der Waals surface area contributed by atoms with Crippen LogP contribution in [0.2, 0.25) is 0 Å². The number of ether oxygens (including phenoxy) is 1. The Morgan fingerprint density at radius 3 is 1.86 bits per heavy atom. The minimum atomic E-state index is -5.85. The molecule has 1 aromatic rings. The maximum atomic E-state index is 13.0. The second-order valence-corrected chi connectivity index (χ2v) is 5.51. The van der Waals surface area contributed by atoms with Gasteiger partial charge in [0, 0.05) is 6.61 Å². The Morgan fingerprint density at radius 2 is 1.50 bits per heavy atom. The summed E-state index contributed by atoms with van der Waals surface area (Å²) >= 11 is 0. The van der Waals surface area contributed by atoms with E-state index in [-0.39, 0.29) is 4.90 Å². The molecule has 0 saturated heterocycles. The SMILES string of the molecule is CCOC(NS(=O)c1ccc(C)cc1)(C(F)(F)F)C(F)(F)F. The maximum Gasteiger partial charge on any atom is 0.441 e. The van der Waals surface area contributed by atoms with Crippen molar-refractivity contribution in [3.63, 3.8) is 0 Å². The van der Waals surface area contributed by atoms with E-state index in [0.29, 0.717) is 5.56 Å². The van der Waals surface area contributed by atoms with Gasteiger partial charge in [-0.2, -0.15) is 31.1 Å². The molecule has 0 aromatic heterocycles. The van der Waals surface area contributed by atoms with Gasteiger partial charge >= 0.3 is 18.1 Å². The van der Waals surface area contributed by atoms with E-state index in [0.717, 1.165) is 11.6 Å². The molecule has 0 aliphatic rings. The van der Waals surface area contributed by atoms with Gasteiger partial charge in [0.15, 0.2) is 0 Å². The Labute approximate surface area is 125 Å². The lowest BCUT2D eigenvalue weighted by Crippen LogP contribution is -2.68. The van der Waals surface area contributed by atoms with Crippen LogP contribution >= 0.6 is 0 Å². The van der Waals surface area contributed by atoms with E-state index >= 15 is 0 Å². The first kappa shape index (κ1) is 18.9. The highest BCUT2D eigenvalue weighted by Crippen LogP contribution is 2.44. The highest BCUT2D eigenvalue weighted by molar-refractivity contribution is 7.83. The van der Waals surface area contributed by atoms with Crippen LogP contribution in [0.5, 0.6) is 0 Å². The number of rotatable bonds is 5. The Morgan fingerprint density at radius 1 is 1.05 bits per heavy atom. The third-order valence-corrected chi connectivity index (χ3v) is 3.80. The number of hydrogen-bond donors (Lipinski definition) is 1. The average Bonchev–Trinajstić information content (AvgIpc) is 2.36. The van der Waals surface area contributed by atoms with E-state index in [2.05, 4.69) is 4.74 Å². The Balaban J connectivity index is 3.23. The number of halogens is 6. The highest BCUT2D eigenvalue weighted by Gasteiger charge is 2.73. The lowest BCUT2D eigenvalue weighted by Gasteiger charge is -2.36. The minimum absolute atomic E-state index is 0.233. The van der Waals surface area contributed by atoms with Crippen molar-refractivity contribution >= 4 is 11.0 Å². The third kappa shape index (κ3) is 3.79. The summed E-state index contributed by atoms with van der Waals surface area (Å²) in [5.74, 6) is 0. The van der Waals surface area contributed by atoms with Gasteiger partial charge in [0.1, 0.15) is 11.0 Å². The monoisotopic (exact) mass is 349 g/mol. The standard InChI is InChI=1S/C12H13F6NO2S/c1-3-21-10(11(13,14)15,12(16,17)18)19-22(20)9-6-4-8(2)5-7-9/h4-7,19H,3H2,1-2H3. The molecule has 0 fully saturated rings. The summed E-state index contributed by atoms with van der Waals surface area (Å²) < 4.78 is 94.6. The van der Waals surface area contributed by atoms with Gasteiger partial charge in [-0.3, -0.25) is 0 Å². The van der Waals surface area contributed by atoms with Crippen LogP contribution in [0.4, 0.5) is 26.3 Å². The molecule has 0 heterocycles. The number of nitrogens with one attached hydrogen (secondary N) is 1. The van der Waals surface area contributed by atoms with Crippen LogP contribution in [-0.2, 0) is 15.7 Å². The van der Waals surface area contributed by atoms with Crippen molar-refractivity contribution in [1.29, 1.82) is 0 Å². The van der Waals surface area contributed by atoms with Crippen molar-refractivity contribution < 1.29 is 35.3 Å². The molecule has 0 aliphatic carbocycles. The quantitative estimate of drug-likeness (QED) is 0.653. The van der Waals surface area contributed by atoms with Crippen LogP contribution in [0.3, 0.4) is 0 Å². The van der Waals surface area contributed by atoms with Gasteiger partial charge in [-0.25, -0.2) is 4.21 Å². The molecule has 1 atom stereocenters. The highest BCUT2D eigenvalue weighted by atomic mass is 32.2. The number of benzene rings is 1. The van der Waals surface area contributed by atoms with E-state index in [9.17, 15) is 30.6 Å². The lowest BCUT2D eigenvalue weighted by molar-refractivity contribution is -0.384. The summed E-state index contributed by atoms with van der Waals surface area (Å²) in [6, 6.07) is 5.17. The lowest BCUT2D eigenvalue weighted by atomic mass is 10.2. The predicted molar refractivity (Wildman–Crippen MR) is 67.2 cm³/mol. The van der Waals surface area contributed by atoms with E-state index in [1.54, 1.807) is 6.92 Å². The number of hydrogen-bond acceptors (Lipinski definition) is 2. The summed E-state index contributed by atoms with van der Waals surface area (Å²) in [5, 5.41) is 0. The molecule has 1 unspecified atom stereocenters. The smallest absolute Gasteiger partial charge is 0.345 e. The van der Waals surface area contributed by atoms with Crippen LogP contribution in [0.15, 0.2) is 29.2 Å². The Bertz CT molecular complexity index is 512. The zero-order valence-corrected chi connectivity index (χ0v) is 12.3. The molecule has 10 heteroatoms. The largest absolute Gasteiger partial charge is 0.441 e. The van der Waals surface area contributed by atoms with Crippen molar-refractivity contribution in [2.45, 2.75) is 36.8 Å². The van der Waals surface area contributed by atoms with Crippen LogP contribution in [0, 0.1) is 6.92 Å². The van der Waals surface area contributed by atoms with Crippen molar-refractivity contribution in [3.05, 3.63) is 29.8 Å². The second kappa shape index (κ2) is 6.55. The molecule has 0 spiro atoms. The molecule has 1 N–H and O–H groups in total. The maximum absolute atomic E-state index is 13.0. The van der Waals surface area contributed by atoms with Crippen LogP contribution in [-0.4, -0.2) is 28.9 Å². The minimum Gasteiger partial charge on any atom is -0.345 e. The topological polar surface area (TPSA) is 38.3 Å². The molecule has 1 rings (SSSR count). The fraction of sp³-hybridized carbons (Fsp3) is 0.500. The summed E-state index contributed by atoms with van der Waals surface area (Å²) in [6.07, 6.45) is -11.7. The van der Waals surface area contributed by atoms with Crippen LogP contribution in [0.25, 0.3) is 0 Å². The van der Waals surface area contributed by atoms with Crippen molar-refractivity contribution in [2.75, 3.05) is 6.61 Å². The molecular formula is C12H13F6NO2S. The van der Waals surface area contributed by atoms with Gasteiger partial charge in [-0.1, -0.05) is 17.7 Å². The Kier molecular flexibility index (Phi) is 5.63. The molecular weight excluding hydrogens is 336 g/mol. The van der Waals surface area contributed by atoms with Crippen LogP contribution in [0.1, 0.15) is 12.5 Å². The molecule has 22 heavy (non-hydrogen) atoms. The van der Waals surface area contributed by atoms with E-state index in [1.165, 1.54) is 24.3 Å². The average molecular weight is 349 g/mol. The number of aryl methyl sites for hydroxylation is 1. The van der Waals surface area contributed by atoms with E-state index in [4.69, 9.17) is 0 Å². The first-order valence-corrected chi connectivity index (χ1v) is 7.13. The zero-order valence-electron chi connectivity index (χ0n) is 11.5. The number of alkyl halides is 6. The van der Waals surface area contributed by atoms with Gasteiger partial charge in [-0.15, -0.1) is 0 Å². The zero-order chi connectivity index (χ0) is 17.2. The normalized spacial score (nSPS) is 14.9. The van der Waals surface area contributed by atoms with Gasteiger partial charge in [0.25, 0.3) is 0 Å². The van der Waals surface area contributed by atoms with Gasteiger partial charge in [-0.05, 0) is 26.0 Å². The Hall–Kier alpha value is -1.13. The molecule has 0 bridgehead atoms. The molecule has 0 amide bonds. The molecule has 0 aliphatic heterocycles. The summed E-state index contributed by atoms with van der Waals surface area (Å²) in [4.78, 5) is -0.233. The summed E-state index contributed by atoms with van der Waals surface area (Å²) in [7, 11) is -2.77. The van der Waals surface area contributed by atoms with Crippen molar-refractivity contribution in [3.8, 4) is 0 Å². The van der Waals surface area contributed by atoms with Crippen molar-refractivity contribution in [2.24, 2.45) is 0 Å². The second-order valence-electron chi connectivity index (χ2n) is 4.29. The first-order valence-electron chi connectivity index (χ1n) is 5.98. The predicted octanol–water partition coefficient (Wildman–Crippen LogP) is 3.46. The van der Waals surface area contributed by atoms with Crippen molar-refractivity contribution in [1.82, 2.24) is 4.72 Å². The fourth-order valence-electron chi connectivity index (χ4n) is 1.54. The van der Waals surface area contributed by atoms with E-state index in [1.807, 2.05) is 0 Å². The molecule has 126 valence electrons. The van der Waals surface area contributed by atoms with Gasteiger partial charge in [0.05, 0.1) is 4.90 Å². The molecule has 0 saturated carbocycles. The third-order valence-electron chi connectivity index (χ3n) is 2.63. The molecule has 0 radical (unpaired) electrons. The first-order chi connectivity index (χ1) is 9.94. The van der Waals surface area contributed by atoms with E-state index < -0.39 is 35.7 Å². The van der Waals surface area contributed by atoms with Crippen LogP contribution < -0.4 is 4.72 Å². The molecule has 3 nitrogen and oxygen atoms in total. The summed E-state index contributed by atoms with van der Waals surface area (Å²) in [6.45, 7) is 1.76. The van der Waals surface area contributed by atoms with Gasteiger partial charge < -0.3 is 4.74 Å². The van der Waals surface area contributed by atoms with Gasteiger partial charge in [0.2, 0.25) is 0 Å².